The van der Waals surface area contributed by atoms with Crippen molar-refractivity contribution in [1.82, 2.24) is 15.0 Å². The lowest BCUT2D eigenvalue weighted by Gasteiger charge is -2.12. The third-order valence-corrected chi connectivity index (χ3v) is 7.97. The molecule has 0 aliphatic heterocycles. The van der Waals surface area contributed by atoms with Crippen molar-refractivity contribution in [1.29, 1.82) is 0 Å². The monoisotopic (exact) mass is 554 g/mol. The Bertz CT molecular complexity index is 2780. The van der Waals surface area contributed by atoms with E-state index in [4.69, 9.17) is 26.2 Å². The fraction of sp³-hybridized carbons (Fsp3) is 0. The van der Waals surface area contributed by atoms with Crippen molar-refractivity contribution in [3.05, 3.63) is 139 Å². The maximum atomic E-state index is 8.75. The number of furan rings is 1. The molecule has 4 heteroatoms. The molecule has 0 fully saturated rings. The van der Waals surface area contributed by atoms with Gasteiger partial charge in [0.15, 0.2) is 17.5 Å². The average Bonchev–Trinajstić information content (AvgIpc) is 3.49. The molecule has 7 aromatic carbocycles. The number of hydrogen-bond donors (Lipinski definition) is 0. The summed E-state index contributed by atoms with van der Waals surface area (Å²) in [6, 6.07) is 33.9. The minimum atomic E-state index is -0.483. The zero-order valence-electron chi connectivity index (χ0n) is 27.6. The van der Waals surface area contributed by atoms with Gasteiger partial charge in [0.25, 0.3) is 0 Å². The molecular formula is C39H23N3O. The van der Waals surface area contributed by atoms with E-state index in [0.29, 0.717) is 17.0 Å². The number of fused-ring (bicyclic) bond motifs is 7. The molecule has 0 N–H and O–H groups in total. The topological polar surface area (TPSA) is 51.8 Å². The fourth-order valence-electron chi connectivity index (χ4n) is 5.99. The van der Waals surface area contributed by atoms with Gasteiger partial charge in [-0.3, -0.25) is 0 Å². The number of rotatable bonds is 3. The number of nitrogens with zero attached hydrogens (tertiary/aromatic N) is 3. The first-order valence-corrected chi connectivity index (χ1v) is 14.0. The first kappa shape index (κ1) is 19.3. The van der Waals surface area contributed by atoms with Crippen molar-refractivity contribution >= 4 is 54.3 Å². The van der Waals surface area contributed by atoms with Crippen molar-refractivity contribution in [2.45, 2.75) is 0 Å². The van der Waals surface area contributed by atoms with Crippen LogP contribution in [0.5, 0.6) is 0 Å². The molecule has 0 bridgehead atoms. The van der Waals surface area contributed by atoms with Crippen molar-refractivity contribution < 1.29 is 11.3 Å². The van der Waals surface area contributed by atoms with E-state index in [-0.39, 0.29) is 29.3 Å². The molecule has 4 nitrogen and oxygen atoms in total. The standard InChI is InChI=1S/C39H23N3O/c1-2-11-24(12-3-1)37-40-38(32-20-10-19-31-33-21-25-13-4-5-14-26(25)23-35(33)43-36(31)32)42-39(41-37)34-22-27-15-6-7-16-28(27)29-17-8-9-18-30(29)34/h1-23H/i1D,2D,3D,11D,12D. The Hall–Kier alpha value is -5.87. The summed E-state index contributed by atoms with van der Waals surface area (Å²) < 4.78 is 48.9. The van der Waals surface area contributed by atoms with Gasteiger partial charge in [-0.15, -0.1) is 0 Å². The quantitative estimate of drug-likeness (QED) is 0.204. The van der Waals surface area contributed by atoms with E-state index in [1.807, 2.05) is 84.9 Å². The molecule has 9 rings (SSSR count). The van der Waals surface area contributed by atoms with E-state index in [1.165, 1.54) is 0 Å². The lowest BCUT2D eigenvalue weighted by molar-refractivity contribution is 0.670. The summed E-state index contributed by atoms with van der Waals surface area (Å²) in [6.07, 6.45) is 0. The summed E-state index contributed by atoms with van der Waals surface area (Å²) in [4.78, 5) is 14.6. The molecule has 0 aliphatic carbocycles. The molecule has 2 aromatic heterocycles. The molecule has 0 saturated heterocycles. The summed E-state index contributed by atoms with van der Waals surface area (Å²) in [5.41, 5.74) is 2.52. The van der Waals surface area contributed by atoms with Gasteiger partial charge < -0.3 is 4.42 Å². The van der Waals surface area contributed by atoms with E-state index in [2.05, 4.69) is 24.3 Å². The molecule has 9 aromatic rings. The van der Waals surface area contributed by atoms with Crippen LogP contribution in [-0.4, -0.2) is 15.0 Å². The van der Waals surface area contributed by atoms with Crippen LogP contribution >= 0.6 is 0 Å². The number of hydrogen-bond acceptors (Lipinski definition) is 4. The van der Waals surface area contributed by atoms with E-state index >= 15 is 0 Å². The largest absolute Gasteiger partial charge is 0.455 e. The Balaban J connectivity index is 1.38. The predicted molar refractivity (Wildman–Crippen MR) is 176 cm³/mol. The Morgan fingerprint density at radius 1 is 0.465 bits per heavy atom. The van der Waals surface area contributed by atoms with Crippen LogP contribution in [0.4, 0.5) is 0 Å². The van der Waals surface area contributed by atoms with Crippen LogP contribution in [0.25, 0.3) is 88.4 Å². The first-order valence-electron chi connectivity index (χ1n) is 16.5. The Morgan fingerprint density at radius 2 is 1.09 bits per heavy atom. The van der Waals surface area contributed by atoms with Gasteiger partial charge in [0.05, 0.1) is 12.4 Å². The smallest absolute Gasteiger partial charge is 0.167 e. The lowest BCUT2D eigenvalue weighted by Crippen LogP contribution is -2.01. The zero-order valence-corrected chi connectivity index (χ0v) is 22.6. The molecule has 0 radical (unpaired) electrons. The molecule has 0 aliphatic rings. The summed E-state index contributed by atoms with van der Waals surface area (Å²) >= 11 is 0. The van der Waals surface area contributed by atoms with Gasteiger partial charge >= 0.3 is 0 Å². The normalized spacial score (nSPS) is 13.3. The second-order valence-corrected chi connectivity index (χ2v) is 10.5. The summed E-state index contributed by atoms with van der Waals surface area (Å²) in [5.74, 6) is 0.541. The highest BCUT2D eigenvalue weighted by Gasteiger charge is 2.19. The van der Waals surface area contributed by atoms with Crippen LogP contribution in [0, 0.1) is 0 Å². The number of para-hydroxylation sites is 1. The van der Waals surface area contributed by atoms with Gasteiger partial charge in [-0.25, -0.2) is 15.0 Å². The van der Waals surface area contributed by atoms with Crippen molar-refractivity contribution in [2.24, 2.45) is 0 Å². The van der Waals surface area contributed by atoms with Crippen LogP contribution in [0.15, 0.2) is 144 Å². The lowest BCUT2D eigenvalue weighted by atomic mass is 9.97. The van der Waals surface area contributed by atoms with Crippen LogP contribution in [0.2, 0.25) is 0 Å². The molecule has 0 atom stereocenters. The third-order valence-electron chi connectivity index (χ3n) is 7.97. The molecule has 200 valence electrons. The van der Waals surface area contributed by atoms with E-state index < -0.39 is 18.1 Å². The van der Waals surface area contributed by atoms with Gasteiger partial charge in [0, 0.05) is 21.9 Å². The number of aromatic nitrogens is 3. The Kier molecular flexibility index (Phi) is 4.18. The second kappa shape index (κ2) is 9.33. The van der Waals surface area contributed by atoms with Crippen LogP contribution in [0.1, 0.15) is 6.85 Å². The molecule has 0 saturated carbocycles. The first-order chi connectivity index (χ1) is 23.4. The highest BCUT2D eigenvalue weighted by molar-refractivity contribution is 6.14. The summed E-state index contributed by atoms with van der Waals surface area (Å²) in [6.45, 7) is 0. The fourth-order valence-corrected chi connectivity index (χ4v) is 5.99. The molecule has 0 unspecified atom stereocenters. The van der Waals surface area contributed by atoms with E-state index in [0.717, 1.165) is 54.2 Å². The minimum Gasteiger partial charge on any atom is -0.455 e. The highest BCUT2D eigenvalue weighted by atomic mass is 16.3. The van der Waals surface area contributed by atoms with E-state index in [1.54, 1.807) is 0 Å². The second-order valence-electron chi connectivity index (χ2n) is 10.5. The third kappa shape index (κ3) is 3.81. The predicted octanol–water partition coefficient (Wildman–Crippen LogP) is 10.2. The van der Waals surface area contributed by atoms with Crippen LogP contribution in [-0.2, 0) is 0 Å². The Labute approximate surface area is 253 Å². The van der Waals surface area contributed by atoms with Crippen molar-refractivity contribution in [2.75, 3.05) is 0 Å². The van der Waals surface area contributed by atoms with Crippen LogP contribution in [0.3, 0.4) is 0 Å². The minimum absolute atomic E-state index is 0.0249. The average molecular weight is 555 g/mol. The zero-order chi connectivity index (χ0) is 32.7. The highest BCUT2D eigenvalue weighted by Crippen LogP contribution is 2.39. The molecular weight excluding hydrogens is 526 g/mol. The summed E-state index contributed by atoms with van der Waals surface area (Å²) in [7, 11) is 0. The summed E-state index contributed by atoms with van der Waals surface area (Å²) in [5, 5.41) is 7.98. The van der Waals surface area contributed by atoms with Gasteiger partial charge in [-0.05, 0) is 56.6 Å². The van der Waals surface area contributed by atoms with Gasteiger partial charge in [-0.2, -0.15) is 0 Å². The van der Waals surface area contributed by atoms with Crippen molar-refractivity contribution in [3.63, 3.8) is 0 Å². The Morgan fingerprint density at radius 3 is 1.91 bits per heavy atom. The van der Waals surface area contributed by atoms with Gasteiger partial charge in [-0.1, -0.05) is 115 Å². The van der Waals surface area contributed by atoms with Crippen molar-refractivity contribution in [3.8, 4) is 34.2 Å². The molecule has 2 heterocycles. The molecule has 0 spiro atoms. The van der Waals surface area contributed by atoms with E-state index in [9.17, 15) is 0 Å². The SMILES string of the molecule is [2H]c1c([2H])c([2H])c(-c2nc(-c3cc4ccccc4c4ccccc34)nc(-c3cccc4c3oc3cc5ccccc5cc34)n2)c([2H])c1[2H]. The maximum absolute atomic E-state index is 8.75. The van der Waals surface area contributed by atoms with Gasteiger partial charge in [0.2, 0.25) is 0 Å². The maximum Gasteiger partial charge on any atom is 0.167 e. The molecule has 0 amide bonds. The van der Waals surface area contributed by atoms with Gasteiger partial charge in [0.1, 0.15) is 11.2 Å². The number of benzene rings is 7. The van der Waals surface area contributed by atoms with Crippen LogP contribution < -0.4 is 0 Å². The molecule has 43 heavy (non-hydrogen) atoms.